The van der Waals surface area contributed by atoms with E-state index in [0.717, 1.165) is 6.42 Å². The molecule has 0 aromatic carbocycles. The van der Waals surface area contributed by atoms with Crippen molar-refractivity contribution >= 4 is 11.9 Å². The number of esters is 1. The second-order valence-electron chi connectivity index (χ2n) is 5.90. The molecule has 0 spiro atoms. The second kappa shape index (κ2) is 3.47. The molecule has 0 saturated heterocycles. The Bertz CT molecular complexity index is 328. The summed E-state index contributed by atoms with van der Waals surface area (Å²) in [7, 11) is 0. The van der Waals surface area contributed by atoms with Crippen molar-refractivity contribution in [3.63, 3.8) is 0 Å². The molecule has 0 heterocycles. The third-order valence-electron chi connectivity index (χ3n) is 3.42. The predicted octanol–water partition coefficient (Wildman–Crippen LogP) is 1.68. The molecule has 4 unspecified atom stereocenters. The normalized spacial score (nSPS) is 36.7. The number of hydrogen-bond acceptors (Lipinski definition) is 3. The Kier molecular flexibility index (Phi) is 2.48. The molecule has 4 nitrogen and oxygen atoms in total. The van der Waals surface area contributed by atoms with Crippen LogP contribution in [0.5, 0.6) is 0 Å². The highest BCUT2D eigenvalue weighted by Crippen LogP contribution is 2.58. The van der Waals surface area contributed by atoms with Gasteiger partial charge in [-0.1, -0.05) is 0 Å². The number of carboxylic acids is 1. The summed E-state index contributed by atoms with van der Waals surface area (Å²) in [5.41, 5.74) is -0.535. The summed E-state index contributed by atoms with van der Waals surface area (Å²) in [5, 5.41) is 9.12. The SMILES string of the molecule is CC(C)(C)OC(=O)C1CC2CC2C1C(=O)O. The van der Waals surface area contributed by atoms with Gasteiger partial charge in [-0.2, -0.15) is 0 Å². The fourth-order valence-electron chi connectivity index (χ4n) is 2.73. The zero-order valence-electron chi connectivity index (χ0n) is 9.90. The Morgan fingerprint density at radius 1 is 1.25 bits per heavy atom. The van der Waals surface area contributed by atoms with Crippen molar-refractivity contribution in [1.82, 2.24) is 0 Å². The Balaban J connectivity index is 2.04. The van der Waals surface area contributed by atoms with Gasteiger partial charge in [0.1, 0.15) is 5.60 Å². The van der Waals surface area contributed by atoms with Gasteiger partial charge in [-0.15, -0.1) is 0 Å². The van der Waals surface area contributed by atoms with Gasteiger partial charge < -0.3 is 9.84 Å². The van der Waals surface area contributed by atoms with E-state index in [0.29, 0.717) is 12.3 Å². The molecule has 16 heavy (non-hydrogen) atoms. The number of rotatable bonds is 2. The first-order valence-electron chi connectivity index (χ1n) is 5.75. The van der Waals surface area contributed by atoms with Crippen LogP contribution >= 0.6 is 0 Å². The maximum absolute atomic E-state index is 11.9. The van der Waals surface area contributed by atoms with E-state index in [4.69, 9.17) is 9.84 Å². The first-order valence-corrected chi connectivity index (χ1v) is 5.75. The number of ether oxygens (including phenoxy) is 1. The van der Waals surface area contributed by atoms with Crippen molar-refractivity contribution in [2.75, 3.05) is 0 Å². The van der Waals surface area contributed by atoms with E-state index >= 15 is 0 Å². The number of carbonyl (C=O) groups excluding carboxylic acids is 1. The molecule has 0 aliphatic heterocycles. The Morgan fingerprint density at radius 3 is 2.38 bits per heavy atom. The summed E-state index contributed by atoms with van der Waals surface area (Å²) in [6.45, 7) is 5.41. The Labute approximate surface area is 95.0 Å². The molecule has 4 heteroatoms. The van der Waals surface area contributed by atoms with Gasteiger partial charge in [0.05, 0.1) is 11.8 Å². The minimum Gasteiger partial charge on any atom is -0.481 e. The van der Waals surface area contributed by atoms with Crippen LogP contribution in [0, 0.1) is 23.7 Å². The lowest BCUT2D eigenvalue weighted by Gasteiger charge is -2.24. The summed E-state index contributed by atoms with van der Waals surface area (Å²) in [5.74, 6) is -1.47. The third-order valence-corrected chi connectivity index (χ3v) is 3.42. The van der Waals surface area contributed by atoms with Crippen LogP contribution in [0.15, 0.2) is 0 Å². The lowest BCUT2D eigenvalue weighted by atomic mass is 9.91. The molecule has 2 saturated carbocycles. The summed E-state index contributed by atoms with van der Waals surface area (Å²) in [4.78, 5) is 23.0. The number of hydrogen-bond donors (Lipinski definition) is 1. The number of carbonyl (C=O) groups is 2. The zero-order valence-corrected chi connectivity index (χ0v) is 9.90. The maximum Gasteiger partial charge on any atom is 0.310 e. The molecule has 90 valence electrons. The number of fused-ring (bicyclic) bond motifs is 1. The van der Waals surface area contributed by atoms with E-state index in [1.54, 1.807) is 20.8 Å². The van der Waals surface area contributed by atoms with Crippen molar-refractivity contribution < 1.29 is 19.4 Å². The average molecular weight is 226 g/mol. The molecule has 2 aliphatic carbocycles. The molecule has 0 bridgehead atoms. The summed E-state index contributed by atoms with van der Waals surface area (Å²) in [6.07, 6.45) is 1.66. The quantitative estimate of drug-likeness (QED) is 0.728. The van der Waals surface area contributed by atoms with Gasteiger partial charge in [0.25, 0.3) is 0 Å². The molecular weight excluding hydrogens is 208 g/mol. The first-order chi connectivity index (χ1) is 7.29. The molecule has 4 atom stereocenters. The fourth-order valence-corrected chi connectivity index (χ4v) is 2.73. The van der Waals surface area contributed by atoms with Gasteiger partial charge in [0.15, 0.2) is 0 Å². The third kappa shape index (κ3) is 2.06. The minimum absolute atomic E-state index is 0.218. The molecule has 2 fully saturated rings. The van der Waals surface area contributed by atoms with Gasteiger partial charge in [0.2, 0.25) is 0 Å². The minimum atomic E-state index is -0.846. The highest BCUT2D eigenvalue weighted by Gasteiger charge is 2.59. The van der Waals surface area contributed by atoms with Gasteiger partial charge in [-0.05, 0) is 45.4 Å². The van der Waals surface area contributed by atoms with Gasteiger partial charge in [0, 0.05) is 0 Å². The molecule has 2 rings (SSSR count). The molecule has 1 N–H and O–H groups in total. The Hall–Kier alpha value is -1.06. The van der Waals surface area contributed by atoms with Crippen molar-refractivity contribution in [1.29, 1.82) is 0 Å². The van der Waals surface area contributed by atoms with Crippen LogP contribution in [0.4, 0.5) is 0 Å². The van der Waals surface area contributed by atoms with E-state index in [-0.39, 0.29) is 11.9 Å². The van der Waals surface area contributed by atoms with E-state index in [2.05, 4.69) is 0 Å². The van der Waals surface area contributed by atoms with Crippen LogP contribution in [0.25, 0.3) is 0 Å². The smallest absolute Gasteiger partial charge is 0.310 e. The summed E-state index contributed by atoms with van der Waals surface area (Å²) in [6, 6.07) is 0. The molecular formula is C12H18O4. The predicted molar refractivity (Wildman–Crippen MR) is 56.7 cm³/mol. The van der Waals surface area contributed by atoms with Gasteiger partial charge in [-0.3, -0.25) is 9.59 Å². The van der Waals surface area contributed by atoms with E-state index in [1.165, 1.54) is 0 Å². The lowest BCUT2D eigenvalue weighted by Crippen LogP contribution is -2.34. The van der Waals surface area contributed by atoms with Crippen LogP contribution in [0.1, 0.15) is 33.6 Å². The van der Waals surface area contributed by atoms with Gasteiger partial charge in [-0.25, -0.2) is 0 Å². The molecule has 0 amide bonds. The average Bonchev–Trinajstić information content (AvgIpc) is 2.73. The number of aliphatic carboxylic acids is 1. The second-order valence-corrected chi connectivity index (χ2v) is 5.90. The van der Waals surface area contributed by atoms with Crippen LogP contribution < -0.4 is 0 Å². The van der Waals surface area contributed by atoms with E-state index < -0.39 is 23.4 Å². The monoisotopic (exact) mass is 226 g/mol. The van der Waals surface area contributed by atoms with Crippen LogP contribution in [-0.2, 0) is 14.3 Å². The zero-order chi connectivity index (χ0) is 12.1. The van der Waals surface area contributed by atoms with Gasteiger partial charge >= 0.3 is 11.9 Å². The van der Waals surface area contributed by atoms with Crippen LogP contribution in [0.3, 0.4) is 0 Å². The lowest BCUT2D eigenvalue weighted by molar-refractivity contribution is -0.166. The fraction of sp³-hybridized carbons (Fsp3) is 0.833. The molecule has 2 aliphatic rings. The summed E-state index contributed by atoms with van der Waals surface area (Å²) >= 11 is 0. The summed E-state index contributed by atoms with van der Waals surface area (Å²) < 4.78 is 5.27. The highest BCUT2D eigenvalue weighted by molar-refractivity contribution is 5.83. The van der Waals surface area contributed by atoms with Crippen molar-refractivity contribution in [3.8, 4) is 0 Å². The van der Waals surface area contributed by atoms with Crippen LogP contribution in [-0.4, -0.2) is 22.6 Å². The first kappa shape index (κ1) is 11.4. The standard InChI is InChI=1S/C12H18O4/c1-12(2,3)16-11(15)8-5-6-4-7(6)9(8)10(13)14/h6-9H,4-5H2,1-3H3,(H,13,14). The molecule has 0 radical (unpaired) electrons. The largest absolute Gasteiger partial charge is 0.481 e. The number of carboxylic acid groups (broad SMARTS) is 1. The van der Waals surface area contributed by atoms with Crippen molar-refractivity contribution in [3.05, 3.63) is 0 Å². The highest BCUT2D eigenvalue weighted by atomic mass is 16.6. The Morgan fingerprint density at radius 2 is 1.88 bits per heavy atom. The topological polar surface area (TPSA) is 63.6 Å². The van der Waals surface area contributed by atoms with E-state index in [1.807, 2.05) is 0 Å². The molecule has 0 aromatic rings. The van der Waals surface area contributed by atoms with Crippen molar-refractivity contribution in [2.24, 2.45) is 23.7 Å². The van der Waals surface area contributed by atoms with Crippen molar-refractivity contribution in [2.45, 2.75) is 39.2 Å². The van der Waals surface area contributed by atoms with Crippen LogP contribution in [0.2, 0.25) is 0 Å². The van der Waals surface area contributed by atoms with E-state index in [9.17, 15) is 9.59 Å². The molecule has 0 aromatic heterocycles. The maximum atomic E-state index is 11.9.